The lowest BCUT2D eigenvalue weighted by molar-refractivity contribution is 0.0951. The SMILES string of the molecule is O=C(NCCCc1nn[nH]n1)c1cn[nH]c1C1CCCCC1. The van der Waals surface area contributed by atoms with Gasteiger partial charge in [0.25, 0.3) is 5.91 Å². The van der Waals surface area contributed by atoms with Gasteiger partial charge in [0.05, 0.1) is 17.5 Å². The molecule has 8 nitrogen and oxygen atoms in total. The van der Waals surface area contributed by atoms with Crippen molar-refractivity contribution in [2.24, 2.45) is 0 Å². The van der Waals surface area contributed by atoms with Crippen molar-refractivity contribution in [2.75, 3.05) is 6.54 Å². The molecule has 2 heterocycles. The molecular formula is C14H21N7O. The number of aryl methyl sites for hydroxylation is 1. The predicted molar refractivity (Wildman–Crippen MR) is 79.2 cm³/mol. The summed E-state index contributed by atoms with van der Waals surface area (Å²) in [7, 11) is 0. The molecule has 0 unspecified atom stereocenters. The zero-order valence-electron chi connectivity index (χ0n) is 12.5. The Hall–Kier alpha value is -2.25. The number of amides is 1. The number of hydrogen-bond acceptors (Lipinski definition) is 5. The fourth-order valence-electron chi connectivity index (χ4n) is 3.01. The van der Waals surface area contributed by atoms with E-state index in [2.05, 4.69) is 36.1 Å². The van der Waals surface area contributed by atoms with Crippen LogP contribution >= 0.6 is 0 Å². The molecule has 2 aromatic rings. The van der Waals surface area contributed by atoms with Gasteiger partial charge in [0.2, 0.25) is 0 Å². The largest absolute Gasteiger partial charge is 0.352 e. The minimum atomic E-state index is -0.0533. The Labute approximate surface area is 128 Å². The fraction of sp³-hybridized carbons (Fsp3) is 0.643. The molecule has 0 aromatic carbocycles. The Morgan fingerprint density at radius 2 is 2.18 bits per heavy atom. The van der Waals surface area contributed by atoms with Crippen molar-refractivity contribution in [2.45, 2.75) is 50.9 Å². The molecule has 1 aliphatic carbocycles. The van der Waals surface area contributed by atoms with Gasteiger partial charge in [-0.1, -0.05) is 24.5 Å². The molecule has 1 aliphatic rings. The molecule has 8 heteroatoms. The van der Waals surface area contributed by atoms with Gasteiger partial charge in [-0.3, -0.25) is 9.89 Å². The maximum Gasteiger partial charge on any atom is 0.254 e. The first-order valence-electron chi connectivity index (χ1n) is 7.88. The Morgan fingerprint density at radius 3 is 2.95 bits per heavy atom. The monoisotopic (exact) mass is 303 g/mol. The van der Waals surface area contributed by atoms with E-state index in [1.165, 1.54) is 19.3 Å². The van der Waals surface area contributed by atoms with Gasteiger partial charge in [0, 0.05) is 18.9 Å². The number of H-pyrrole nitrogens is 2. The van der Waals surface area contributed by atoms with Crippen LogP contribution in [-0.2, 0) is 6.42 Å². The van der Waals surface area contributed by atoms with Crippen molar-refractivity contribution in [1.29, 1.82) is 0 Å². The van der Waals surface area contributed by atoms with Gasteiger partial charge in [-0.25, -0.2) is 0 Å². The highest BCUT2D eigenvalue weighted by atomic mass is 16.1. The van der Waals surface area contributed by atoms with Crippen molar-refractivity contribution < 1.29 is 4.79 Å². The molecule has 1 amide bonds. The number of hydrogen-bond donors (Lipinski definition) is 3. The quantitative estimate of drug-likeness (QED) is 0.697. The predicted octanol–water partition coefficient (Wildman–Crippen LogP) is 1.33. The van der Waals surface area contributed by atoms with Gasteiger partial charge in [0.1, 0.15) is 0 Å². The fourth-order valence-corrected chi connectivity index (χ4v) is 3.01. The minimum absolute atomic E-state index is 0.0533. The van der Waals surface area contributed by atoms with E-state index in [0.29, 0.717) is 30.3 Å². The number of aromatic nitrogens is 6. The Balaban J connectivity index is 1.50. The lowest BCUT2D eigenvalue weighted by Gasteiger charge is -2.21. The van der Waals surface area contributed by atoms with E-state index in [1.54, 1.807) is 6.20 Å². The van der Waals surface area contributed by atoms with E-state index in [4.69, 9.17) is 0 Å². The zero-order chi connectivity index (χ0) is 15.2. The van der Waals surface area contributed by atoms with Crippen molar-refractivity contribution >= 4 is 5.91 Å². The van der Waals surface area contributed by atoms with Crippen LogP contribution in [-0.4, -0.2) is 43.3 Å². The van der Waals surface area contributed by atoms with Crippen LogP contribution in [0.15, 0.2) is 6.20 Å². The molecule has 0 spiro atoms. The third-order valence-electron chi connectivity index (χ3n) is 4.18. The van der Waals surface area contributed by atoms with Crippen molar-refractivity contribution in [3.8, 4) is 0 Å². The molecule has 2 aromatic heterocycles. The highest BCUT2D eigenvalue weighted by molar-refractivity contribution is 5.95. The second kappa shape index (κ2) is 7.15. The van der Waals surface area contributed by atoms with E-state index in [1.807, 2.05) is 0 Å². The van der Waals surface area contributed by atoms with Gasteiger partial charge in [-0.15, -0.1) is 10.2 Å². The van der Waals surface area contributed by atoms with E-state index < -0.39 is 0 Å². The number of tetrazole rings is 1. The number of carbonyl (C=O) groups excluding carboxylic acids is 1. The van der Waals surface area contributed by atoms with E-state index in [9.17, 15) is 4.79 Å². The molecule has 0 radical (unpaired) electrons. The van der Waals surface area contributed by atoms with Gasteiger partial charge < -0.3 is 5.32 Å². The second-order valence-corrected chi connectivity index (χ2v) is 5.72. The van der Waals surface area contributed by atoms with Crippen LogP contribution in [0.5, 0.6) is 0 Å². The van der Waals surface area contributed by atoms with Crippen LogP contribution in [0.2, 0.25) is 0 Å². The smallest absolute Gasteiger partial charge is 0.254 e. The number of nitrogens with zero attached hydrogens (tertiary/aromatic N) is 4. The van der Waals surface area contributed by atoms with Gasteiger partial charge >= 0.3 is 0 Å². The molecule has 1 saturated carbocycles. The summed E-state index contributed by atoms with van der Waals surface area (Å²) in [5.74, 6) is 1.05. The topological polar surface area (TPSA) is 112 Å². The summed E-state index contributed by atoms with van der Waals surface area (Å²) < 4.78 is 0. The van der Waals surface area contributed by atoms with Crippen LogP contribution in [0.1, 0.15) is 66.3 Å². The zero-order valence-corrected chi connectivity index (χ0v) is 12.5. The maximum atomic E-state index is 12.3. The third-order valence-corrected chi connectivity index (χ3v) is 4.18. The first kappa shape index (κ1) is 14.7. The first-order valence-corrected chi connectivity index (χ1v) is 7.88. The summed E-state index contributed by atoms with van der Waals surface area (Å²) in [4.78, 5) is 12.3. The van der Waals surface area contributed by atoms with Crippen LogP contribution in [0.3, 0.4) is 0 Å². The Morgan fingerprint density at radius 1 is 1.32 bits per heavy atom. The average Bonchev–Trinajstić information content (AvgIpc) is 3.23. The molecule has 0 bridgehead atoms. The summed E-state index contributed by atoms with van der Waals surface area (Å²) in [6, 6.07) is 0. The summed E-state index contributed by atoms with van der Waals surface area (Å²) in [6.07, 6.45) is 9.14. The molecular weight excluding hydrogens is 282 g/mol. The highest BCUT2D eigenvalue weighted by Gasteiger charge is 2.23. The number of aromatic amines is 2. The summed E-state index contributed by atoms with van der Waals surface area (Å²) >= 11 is 0. The molecule has 0 atom stereocenters. The van der Waals surface area contributed by atoms with Gasteiger partial charge in [0.15, 0.2) is 5.82 Å². The molecule has 22 heavy (non-hydrogen) atoms. The molecule has 118 valence electrons. The van der Waals surface area contributed by atoms with Crippen molar-refractivity contribution in [1.82, 2.24) is 36.1 Å². The highest BCUT2D eigenvalue weighted by Crippen LogP contribution is 2.32. The van der Waals surface area contributed by atoms with Crippen molar-refractivity contribution in [3.05, 3.63) is 23.3 Å². The number of nitrogens with one attached hydrogen (secondary N) is 3. The maximum absolute atomic E-state index is 12.3. The van der Waals surface area contributed by atoms with Crippen LogP contribution < -0.4 is 5.32 Å². The molecule has 0 saturated heterocycles. The average molecular weight is 303 g/mol. The molecule has 0 aliphatic heterocycles. The molecule has 3 N–H and O–H groups in total. The second-order valence-electron chi connectivity index (χ2n) is 5.72. The van der Waals surface area contributed by atoms with E-state index >= 15 is 0 Å². The summed E-state index contributed by atoms with van der Waals surface area (Å²) in [5.41, 5.74) is 1.68. The van der Waals surface area contributed by atoms with E-state index in [0.717, 1.165) is 25.0 Å². The lowest BCUT2D eigenvalue weighted by atomic mass is 9.85. The molecule has 3 rings (SSSR count). The minimum Gasteiger partial charge on any atom is -0.352 e. The normalized spacial score (nSPS) is 15.8. The van der Waals surface area contributed by atoms with Crippen LogP contribution in [0.4, 0.5) is 0 Å². The van der Waals surface area contributed by atoms with Gasteiger partial charge in [-0.2, -0.15) is 10.3 Å². The van der Waals surface area contributed by atoms with Gasteiger partial charge in [-0.05, 0) is 19.3 Å². The Kier molecular flexibility index (Phi) is 4.77. The van der Waals surface area contributed by atoms with Crippen LogP contribution in [0.25, 0.3) is 0 Å². The third kappa shape index (κ3) is 3.49. The number of carbonyl (C=O) groups is 1. The van der Waals surface area contributed by atoms with Crippen LogP contribution in [0, 0.1) is 0 Å². The van der Waals surface area contributed by atoms with E-state index in [-0.39, 0.29) is 5.91 Å². The lowest BCUT2D eigenvalue weighted by Crippen LogP contribution is -2.26. The molecule has 1 fully saturated rings. The Bertz CT molecular complexity index is 586. The number of rotatable bonds is 6. The van der Waals surface area contributed by atoms with Crippen molar-refractivity contribution in [3.63, 3.8) is 0 Å². The standard InChI is InChI=1S/C14H21N7O/c22-14(15-8-4-7-12-17-20-21-18-12)11-9-16-19-13(11)10-5-2-1-3-6-10/h9-10H,1-8H2,(H,15,22)(H,16,19)(H,17,18,20,21). The summed E-state index contributed by atoms with van der Waals surface area (Å²) in [6.45, 7) is 0.586. The summed E-state index contributed by atoms with van der Waals surface area (Å²) in [5, 5.41) is 23.7. The first-order chi connectivity index (χ1) is 10.8.